The van der Waals surface area contributed by atoms with Crippen LogP contribution in [-0.2, 0) is 6.42 Å². The fourth-order valence-electron chi connectivity index (χ4n) is 1.93. The van der Waals surface area contributed by atoms with Gasteiger partial charge >= 0.3 is 0 Å². The van der Waals surface area contributed by atoms with Crippen LogP contribution in [0, 0.1) is 10.1 Å². The molecule has 2 N–H and O–H groups in total. The molecule has 6 heteroatoms. The smallest absolute Gasteiger partial charge is 0.269 e. The zero-order chi connectivity index (χ0) is 15.2. The van der Waals surface area contributed by atoms with E-state index in [4.69, 9.17) is 4.74 Å². The second-order valence-electron chi connectivity index (χ2n) is 4.49. The maximum atomic E-state index is 10.6. The van der Waals surface area contributed by atoms with E-state index in [0.29, 0.717) is 12.3 Å². The van der Waals surface area contributed by atoms with Gasteiger partial charge in [0.2, 0.25) is 0 Å². The van der Waals surface area contributed by atoms with Crippen LogP contribution in [0.5, 0.6) is 11.5 Å². The molecular weight excluding hydrogens is 272 g/mol. The first-order valence-corrected chi connectivity index (χ1v) is 6.44. The molecule has 0 spiro atoms. The lowest BCUT2D eigenvalue weighted by Crippen LogP contribution is -2.05. The second kappa shape index (κ2) is 6.60. The molecule has 0 saturated heterocycles. The average molecular weight is 288 g/mol. The zero-order valence-electron chi connectivity index (χ0n) is 11.6. The Hall–Kier alpha value is -2.76. The van der Waals surface area contributed by atoms with E-state index in [0.717, 1.165) is 17.7 Å². The number of phenolic OH excluding ortho intramolecular Hbond substituents is 1. The van der Waals surface area contributed by atoms with Gasteiger partial charge in [-0.1, -0.05) is 6.07 Å². The summed E-state index contributed by atoms with van der Waals surface area (Å²) in [6.45, 7) is 0.672. The number of non-ortho nitro benzene ring substituents is 1. The Bertz CT molecular complexity index is 626. The molecule has 0 atom stereocenters. The molecule has 110 valence electrons. The van der Waals surface area contributed by atoms with Crippen molar-refractivity contribution in [2.75, 3.05) is 19.0 Å². The molecule has 21 heavy (non-hydrogen) atoms. The lowest BCUT2D eigenvalue weighted by atomic mass is 10.1. The molecule has 0 amide bonds. The third kappa shape index (κ3) is 3.85. The Kier molecular flexibility index (Phi) is 4.61. The molecule has 0 radical (unpaired) electrons. The maximum Gasteiger partial charge on any atom is 0.269 e. The third-order valence-electron chi connectivity index (χ3n) is 3.07. The van der Waals surface area contributed by atoms with Crippen molar-refractivity contribution in [3.63, 3.8) is 0 Å². The molecule has 2 aromatic rings. The van der Waals surface area contributed by atoms with Crippen LogP contribution in [0.1, 0.15) is 5.56 Å². The van der Waals surface area contributed by atoms with Crippen molar-refractivity contribution in [1.29, 1.82) is 0 Å². The number of hydrogen-bond donors (Lipinski definition) is 2. The predicted molar refractivity (Wildman–Crippen MR) is 79.9 cm³/mol. The number of nitrogens with zero attached hydrogens (tertiary/aromatic N) is 1. The number of phenols is 1. The van der Waals surface area contributed by atoms with Crippen molar-refractivity contribution in [2.24, 2.45) is 0 Å². The largest absolute Gasteiger partial charge is 0.504 e. The lowest BCUT2D eigenvalue weighted by molar-refractivity contribution is -0.384. The molecule has 0 heterocycles. The monoisotopic (exact) mass is 288 g/mol. The Balaban J connectivity index is 1.90. The van der Waals surface area contributed by atoms with E-state index < -0.39 is 4.92 Å². The van der Waals surface area contributed by atoms with Crippen LogP contribution in [-0.4, -0.2) is 23.7 Å². The predicted octanol–water partition coefficient (Wildman–Crippen LogP) is 2.96. The van der Waals surface area contributed by atoms with Gasteiger partial charge in [-0.05, 0) is 36.2 Å². The molecule has 0 aliphatic carbocycles. The molecule has 0 saturated carbocycles. The van der Waals surface area contributed by atoms with Gasteiger partial charge in [-0.15, -0.1) is 0 Å². The number of aromatic hydroxyl groups is 1. The fourth-order valence-corrected chi connectivity index (χ4v) is 1.93. The number of ether oxygens (including phenoxy) is 1. The van der Waals surface area contributed by atoms with Gasteiger partial charge in [0, 0.05) is 24.4 Å². The van der Waals surface area contributed by atoms with Crippen LogP contribution in [0.25, 0.3) is 0 Å². The van der Waals surface area contributed by atoms with Gasteiger partial charge in [0.05, 0.1) is 12.0 Å². The molecule has 0 aromatic heterocycles. The van der Waals surface area contributed by atoms with Crippen LogP contribution < -0.4 is 10.1 Å². The van der Waals surface area contributed by atoms with Crippen LogP contribution >= 0.6 is 0 Å². The van der Waals surface area contributed by atoms with Crippen molar-refractivity contribution in [3.8, 4) is 11.5 Å². The number of nitro benzene ring substituents is 1. The van der Waals surface area contributed by atoms with Crippen LogP contribution in [0.15, 0.2) is 42.5 Å². The molecular formula is C15H16N2O4. The van der Waals surface area contributed by atoms with E-state index in [1.807, 2.05) is 6.07 Å². The quantitative estimate of drug-likeness (QED) is 0.630. The number of benzene rings is 2. The van der Waals surface area contributed by atoms with Crippen molar-refractivity contribution in [3.05, 3.63) is 58.1 Å². The molecule has 6 nitrogen and oxygen atoms in total. The first-order valence-electron chi connectivity index (χ1n) is 6.44. The molecule has 0 unspecified atom stereocenters. The van der Waals surface area contributed by atoms with Crippen molar-refractivity contribution < 1.29 is 14.8 Å². The summed E-state index contributed by atoms with van der Waals surface area (Å²) in [5.41, 5.74) is 1.93. The number of hydrogen-bond acceptors (Lipinski definition) is 5. The summed E-state index contributed by atoms with van der Waals surface area (Å²) >= 11 is 0. The highest BCUT2D eigenvalue weighted by molar-refractivity contribution is 5.48. The van der Waals surface area contributed by atoms with E-state index >= 15 is 0 Å². The summed E-state index contributed by atoms with van der Waals surface area (Å²) in [7, 11) is 1.51. The maximum absolute atomic E-state index is 10.6. The topological polar surface area (TPSA) is 84.6 Å². The number of nitrogens with one attached hydrogen (secondary N) is 1. The molecule has 2 aromatic carbocycles. The van der Waals surface area contributed by atoms with E-state index in [2.05, 4.69) is 5.32 Å². The molecule has 2 rings (SSSR count). The highest BCUT2D eigenvalue weighted by Crippen LogP contribution is 2.26. The number of anilines is 1. The SMILES string of the molecule is COc1cc(CCNc2ccc([N+](=O)[O-])cc2)ccc1O. The molecule has 0 aliphatic heterocycles. The zero-order valence-corrected chi connectivity index (χ0v) is 11.6. The van der Waals surface area contributed by atoms with Gasteiger partial charge < -0.3 is 15.2 Å². The average Bonchev–Trinajstić information content (AvgIpc) is 2.49. The summed E-state index contributed by atoms with van der Waals surface area (Å²) in [5, 5.41) is 23.3. The number of rotatable bonds is 6. The second-order valence-corrected chi connectivity index (χ2v) is 4.49. The summed E-state index contributed by atoms with van der Waals surface area (Å²) in [4.78, 5) is 10.1. The van der Waals surface area contributed by atoms with Crippen LogP contribution in [0.2, 0.25) is 0 Å². The summed E-state index contributed by atoms with van der Waals surface area (Å²) in [6.07, 6.45) is 0.744. The van der Waals surface area contributed by atoms with Crippen LogP contribution in [0.4, 0.5) is 11.4 Å². The van der Waals surface area contributed by atoms with Gasteiger partial charge in [-0.2, -0.15) is 0 Å². The Morgan fingerprint density at radius 1 is 1.24 bits per heavy atom. The normalized spacial score (nSPS) is 10.1. The summed E-state index contributed by atoms with van der Waals surface area (Å²) < 4.78 is 5.05. The third-order valence-corrected chi connectivity index (χ3v) is 3.07. The Labute approximate surface area is 122 Å². The standard InChI is InChI=1S/C15H16N2O4/c1-21-15-10-11(2-7-14(15)18)8-9-16-12-3-5-13(6-4-12)17(19)20/h2-7,10,16,18H,8-9H2,1H3. The van der Waals surface area contributed by atoms with Gasteiger partial charge in [-0.3, -0.25) is 10.1 Å². The van der Waals surface area contributed by atoms with E-state index in [1.165, 1.54) is 19.2 Å². The van der Waals surface area contributed by atoms with E-state index in [1.54, 1.807) is 24.3 Å². The van der Waals surface area contributed by atoms with Crippen molar-refractivity contribution >= 4 is 11.4 Å². The fraction of sp³-hybridized carbons (Fsp3) is 0.200. The Morgan fingerprint density at radius 2 is 1.95 bits per heavy atom. The highest BCUT2D eigenvalue weighted by Gasteiger charge is 2.04. The minimum atomic E-state index is -0.424. The van der Waals surface area contributed by atoms with E-state index in [-0.39, 0.29) is 11.4 Å². The van der Waals surface area contributed by atoms with Gasteiger partial charge in [0.1, 0.15) is 0 Å². The molecule has 0 bridgehead atoms. The Morgan fingerprint density at radius 3 is 2.57 bits per heavy atom. The van der Waals surface area contributed by atoms with E-state index in [9.17, 15) is 15.2 Å². The first kappa shape index (κ1) is 14.6. The minimum Gasteiger partial charge on any atom is -0.504 e. The molecule has 0 aliphatic rings. The highest BCUT2D eigenvalue weighted by atomic mass is 16.6. The minimum absolute atomic E-state index is 0.0730. The van der Waals surface area contributed by atoms with Gasteiger partial charge in [-0.25, -0.2) is 0 Å². The van der Waals surface area contributed by atoms with Crippen molar-refractivity contribution in [1.82, 2.24) is 0 Å². The van der Waals surface area contributed by atoms with Gasteiger partial charge in [0.25, 0.3) is 5.69 Å². The summed E-state index contributed by atoms with van der Waals surface area (Å²) in [5.74, 6) is 0.562. The lowest BCUT2D eigenvalue weighted by Gasteiger charge is -2.08. The summed E-state index contributed by atoms with van der Waals surface area (Å²) in [6, 6.07) is 11.5. The number of nitro groups is 1. The van der Waals surface area contributed by atoms with Gasteiger partial charge in [0.15, 0.2) is 11.5 Å². The van der Waals surface area contributed by atoms with Crippen molar-refractivity contribution in [2.45, 2.75) is 6.42 Å². The number of methoxy groups -OCH3 is 1. The van der Waals surface area contributed by atoms with Crippen LogP contribution in [0.3, 0.4) is 0 Å². The first-order chi connectivity index (χ1) is 10.1. The molecule has 0 fully saturated rings.